The second-order valence-electron chi connectivity index (χ2n) is 4.62. The number of methoxy groups -OCH3 is 1. The lowest BCUT2D eigenvalue weighted by Gasteiger charge is -2.14. The number of aryl methyl sites for hydroxylation is 1. The van der Waals surface area contributed by atoms with Crippen LogP contribution in [0.15, 0.2) is 33.6 Å². The first-order valence-electron chi connectivity index (χ1n) is 6.48. The van der Waals surface area contributed by atoms with Gasteiger partial charge in [-0.3, -0.25) is 0 Å². The number of rotatable bonds is 5. The molecule has 0 aliphatic carbocycles. The Labute approximate surface area is 149 Å². The van der Waals surface area contributed by atoms with E-state index in [0.717, 1.165) is 12.1 Å². The second-order valence-corrected chi connectivity index (χ2v) is 7.19. The fraction of sp³-hybridized carbons (Fsp3) is 0.231. The van der Waals surface area contributed by atoms with Crippen LogP contribution in [0.1, 0.15) is 5.69 Å². The van der Waals surface area contributed by atoms with Crippen molar-refractivity contribution in [1.82, 2.24) is 9.97 Å². The Morgan fingerprint density at radius 2 is 1.88 bits per heavy atom. The molecule has 25 heavy (non-hydrogen) atoms. The summed E-state index contributed by atoms with van der Waals surface area (Å²) in [6.45, 7) is 1.57. The number of ether oxygens (including phenoxy) is 2. The number of nitrogens with zero attached hydrogens (tertiary/aromatic N) is 2. The highest BCUT2D eigenvalue weighted by Gasteiger charge is 2.34. The van der Waals surface area contributed by atoms with E-state index in [1.54, 1.807) is 6.92 Å². The van der Waals surface area contributed by atoms with Gasteiger partial charge in [0.05, 0.1) is 7.11 Å². The molecule has 0 radical (unpaired) electrons. The Morgan fingerprint density at radius 3 is 2.48 bits per heavy atom. The zero-order valence-corrected chi connectivity index (χ0v) is 15.2. The summed E-state index contributed by atoms with van der Waals surface area (Å²) in [6, 6.07) is 4.56. The first-order chi connectivity index (χ1) is 11.5. The van der Waals surface area contributed by atoms with Gasteiger partial charge in [0.15, 0.2) is 5.75 Å². The largest absolute Gasteiger partial charge is 0.573 e. The molecule has 0 atom stereocenters. The standard InChI is InChI=1S/C13H11BrF3N3O4S/c1-7-5-11(23-2)19-12(18-7)20-25(21,22)10-4-3-8(14)6-9(10)24-13(15,16)17/h3-6H,1-2H3,(H,18,19,20). The van der Waals surface area contributed by atoms with E-state index in [9.17, 15) is 21.6 Å². The maximum Gasteiger partial charge on any atom is 0.573 e. The van der Waals surface area contributed by atoms with Gasteiger partial charge < -0.3 is 9.47 Å². The van der Waals surface area contributed by atoms with Crippen LogP contribution in [0.2, 0.25) is 0 Å². The molecule has 0 unspecified atom stereocenters. The molecule has 136 valence electrons. The first-order valence-corrected chi connectivity index (χ1v) is 8.75. The van der Waals surface area contributed by atoms with Crippen molar-refractivity contribution in [2.45, 2.75) is 18.2 Å². The topological polar surface area (TPSA) is 90.4 Å². The van der Waals surface area contributed by atoms with Gasteiger partial charge in [0.1, 0.15) is 4.90 Å². The van der Waals surface area contributed by atoms with E-state index in [0.29, 0.717) is 5.69 Å². The number of hydrogen-bond acceptors (Lipinski definition) is 6. The van der Waals surface area contributed by atoms with Crippen molar-refractivity contribution in [3.63, 3.8) is 0 Å². The van der Waals surface area contributed by atoms with E-state index >= 15 is 0 Å². The Kier molecular flexibility index (Phi) is 5.42. The third-order valence-corrected chi connectivity index (χ3v) is 4.55. The molecule has 7 nitrogen and oxygen atoms in total. The molecule has 0 bridgehead atoms. The van der Waals surface area contributed by atoms with Crippen molar-refractivity contribution in [3.8, 4) is 11.6 Å². The van der Waals surface area contributed by atoms with Crippen LogP contribution in [0.5, 0.6) is 11.6 Å². The van der Waals surface area contributed by atoms with Crippen molar-refractivity contribution in [1.29, 1.82) is 0 Å². The van der Waals surface area contributed by atoms with Gasteiger partial charge in [-0.2, -0.15) is 4.98 Å². The van der Waals surface area contributed by atoms with Gasteiger partial charge in [-0.15, -0.1) is 13.2 Å². The molecule has 0 saturated carbocycles. The SMILES string of the molecule is COc1cc(C)nc(NS(=O)(=O)c2ccc(Br)cc2OC(F)(F)F)n1. The lowest BCUT2D eigenvalue weighted by molar-refractivity contribution is -0.275. The van der Waals surface area contributed by atoms with E-state index in [4.69, 9.17) is 4.74 Å². The molecule has 2 rings (SSSR count). The smallest absolute Gasteiger partial charge is 0.481 e. The minimum absolute atomic E-state index is 0.0905. The van der Waals surface area contributed by atoms with Gasteiger partial charge in [0, 0.05) is 16.2 Å². The van der Waals surface area contributed by atoms with E-state index < -0.39 is 27.0 Å². The molecule has 1 aromatic heterocycles. The van der Waals surface area contributed by atoms with E-state index in [2.05, 4.69) is 30.6 Å². The Balaban J connectivity index is 2.45. The van der Waals surface area contributed by atoms with Crippen molar-refractivity contribution >= 4 is 31.9 Å². The zero-order valence-electron chi connectivity index (χ0n) is 12.8. The number of halogens is 4. The van der Waals surface area contributed by atoms with Gasteiger partial charge in [-0.25, -0.2) is 18.1 Å². The zero-order chi connectivity index (χ0) is 18.8. The highest BCUT2D eigenvalue weighted by molar-refractivity contribution is 9.10. The Morgan fingerprint density at radius 1 is 1.20 bits per heavy atom. The monoisotopic (exact) mass is 441 g/mol. The Hall–Kier alpha value is -2.08. The van der Waals surface area contributed by atoms with Gasteiger partial charge >= 0.3 is 6.36 Å². The van der Waals surface area contributed by atoms with Crippen LogP contribution >= 0.6 is 15.9 Å². The molecule has 1 N–H and O–H groups in total. The molecule has 0 aliphatic rings. The molecule has 0 aliphatic heterocycles. The molecule has 1 heterocycles. The summed E-state index contributed by atoms with van der Waals surface area (Å²) in [5.74, 6) is -1.15. The van der Waals surface area contributed by atoms with Crippen LogP contribution in [-0.4, -0.2) is 31.9 Å². The highest BCUT2D eigenvalue weighted by Crippen LogP contribution is 2.33. The lowest BCUT2D eigenvalue weighted by atomic mass is 10.3. The fourth-order valence-electron chi connectivity index (χ4n) is 1.77. The molecule has 1 aromatic carbocycles. The number of aromatic nitrogens is 2. The minimum atomic E-state index is -5.06. The van der Waals surface area contributed by atoms with Crippen LogP contribution in [0.4, 0.5) is 19.1 Å². The average molecular weight is 442 g/mol. The van der Waals surface area contributed by atoms with Crippen LogP contribution in [0, 0.1) is 6.92 Å². The van der Waals surface area contributed by atoms with E-state index in [-0.39, 0.29) is 16.3 Å². The third kappa shape index (κ3) is 5.19. The summed E-state index contributed by atoms with van der Waals surface area (Å²) in [7, 11) is -3.13. The predicted molar refractivity (Wildman–Crippen MR) is 85.0 cm³/mol. The summed E-state index contributed by atoms with van der Waals surface area (Å²) in [4.78, 5) is 6.92. The molecule has 2 aromatic rings. The third-order valence-electron chi connectivity index (χ3n) is 2.69. The number of nitrogens with one attached hydrogen (secondary N) is 1. The van der Waals surface area contributed by atoms with Gasteiger partial charge in [-0.1, -0.05) is 15.9 Å². The molecule has 0 amide bonds. The van der Waals surface area contributed by atoms with Crippen molar-refractivity contribution < 1.29 is 31.1 Å². The number of hydrogen-bond donors (Lipinski definition) is 1. The van der Waals surface area contributed by atoms with Crippen LogP contribution in [-0.2, 0) is 10.0 Å². The van der Waals surface area contributed by atoms with Crippen molar-refractivity contribution in [2.24, 2.45) is 0 Å². The van der Waals surface area contributed by atoms with E-state index in [1.807, 2.05) is 4.72 Å². The van der Waals surface area contributed by atoms with Crippen LogP contribution < -0.4 is 14.2 Å². The normalized spacial score (nSPS) is 11.9. The lowest BCUT2D eigenvalue weighted by Crippen LogP contribution is -2.21. The van der Waals surface area contributed by atoms with Crippen LogP contribution in [0.3, 0.4) is 0 Å². The maximum absolute atomic E-state index is 12.5. The first kappa shape index (κ1) is 19.2. The summed E-state index contributed by atoms with van der Waals surface area (Å²) in [6.07, 6.45) is -5.06. The molecule has 0 fully saturated rings. The summed E-state index contributed by atoms with van der Waals surface area (Å²) < 4.78 is 73.3. The second kappa shape index (κ2) is 7.04. The Bertz CT molecular complexity index is 891. The predicted octanol–water partition coefficient (Wildman–Crippen LogP) is 3.26. The summed E-state index contributed by atoms with van der Waals surface area (Å²) >= 11 is 2.96. The molecule has 12 heteroatoms. The number of anilines is 1. The average Bonchev–Trinajstić information content (AvgIpc) is 2.43. The molecule has 0 saturated heterocycles. The molecular weight excluding hydrogens is 431 g/mol. The molecular formula is C13H11BrF3N3O4S. The van der Waals surface area contributed by atoms with E-state index in [1.165, 1.54) is 19.2 Å². The minimum Gasteiger partial charge on any atom is -0.481 e. The fourth-order valence-corrected chi connectivity index (χ4v) is 3.17. The van der Waals surface area contributed by atoms with Crippen molar-refractivity contribution in [3.05, 3.63) is 34.4 Å². The van der Waals surface area contributed by atoms with Gasteiger partial charge in [-0.05, 0) is 25.1 Å². The summed E-state index contributed by atoms with van der Waals surface area (Å²) in [5.41, 5.74) is 0.395. The quantitative estimate of drug-likeness (QED) is 0.765. The highest BCUT2D eigenvalue weighted by atomic mass is 79.9. The van der Waals surface area contributed by atoms with Crippen molar-refractivity contribution in [2.75, 3.05) is 11.8 Å². The summed E-state index contributed by atoms with van der Waals surface area (Å²) in [5, 5.41) is 0. The molecule has 0 spiro atoms. The number of alkyl halides is 3. The number of sulfonamides is 1. The van der Waals surface area contributed by atoms with Gasteiger partial charge in [0.25, 0.3) is 10.0 Å². The van der Waals surface area contributed by atoms with Crippen LogP contribution in [0.25, 0.3) is 0 Å². The maximum atomic E-state index is 12.5. The van der Waals surface area contributed by atoms with Gasteiger partial charge in [0.2, 0.25) is 11.8 Å². The number of benzene rings is 1.